The fraction of sp³-hybridized carbons (Fsp3) is 0.933. The summed E-state index contributed by atoms with van der Waals surface area (Å²) in [7, 11) is 0. The summed E-state index contributed by atoms with van der Waals surface area (Å²) in [6.07, 6.45) is 15.1. The van der Waals surface area contributed by atoms with Gasteiger partial charge in [0.15, 0.2) is 0 Å². The molecule has 18 heavy (non-hydrogen) atoms. The van der Waals surface area contributed by atoms with Gasteiger partial charge in [-0.25, -0.2) is 0 Å². The van der Waals surface area contributed by atoms with Crippen molar-refractivity contribution < 1.29 is 9.53 Å². The van der Waals surface area contributed by atoms with Crippen molar-refractivity contribution in [3.63, 3.8) is 0 Å². The molecule has 0 aromatic carbocycles. The Labute approximate surface area is 113 Å². The smallest absolute Gasteiger partial charge is 0.309 e. The van der Waals surface area contributed by atoms with Crippen LogP contribution in [0.4, 0.5) is 0 Å². The number of unbranched alkanes of at least 4 members (excludes halogenated alkanes) is 9. The van der Waals surface area contributed by atoms with Gasteiger partial charge in [0.05, 0.1) is 6.61 Å². The van der Waals surface area contributed by atoms with Crippen LogP contribution in [0.2, 0.25) is 0 Å². The van der Waals surface area contributed by atoms with Crippen LogP contribution in [0.25, 0.3) is 0 Å². The summed E-state index contributed by atoms with van der Waals surface area (Å²) in [5, 5.41) is 2.46. The van der Waals surface area contributed by atoms with Crippen molar-refractivity contribution in [3.05, 3.63) is 0 Å². The lowest BCUT2D eigenvalue weighted by Crippen LogP contribution is -2.17. The second kappa shape index (κ2) is 16.4. The van der Waals surface area contributed by atoms with E-state index in [4.69, 9.17) is 4.74 Å². The second-order valence-corrected chi connectivity index (χ2v) is 4.82. The van der Waals surface area contributed by atoms with Crippen LogP contribution in [-0.2, 0) is 9.53 Å². The van der Waals surface area contributed by atoms with Crippen molar-refractivity contribution in [2.45, 2.75) is 71.1 Å². The average Bonchev–Trinajstić information content (AvgIpc) is 2.39. The van der Waals surface area contributed by atoms with Gasteiger partial charge in [0.25, 0.3) is 0 Å². The number of rotatable bonds is 15. The van der Waals surface area contributed by atoms with Crippen LogP contribution in [-0.4, -0.2) is 26.2 Å². The van der Waals surface area contributed by atoms with E-state index in [2.05, 4.69) is 12.2 Å². The van der Waals surface area contributed by atoms with E-state index in [1.807, 2.05) is 0 Å². The molecule has 0 spiro atoms. The molecule has 0 aromatic rings. The van der Waals surface area contributed by atoms with Gasteiger partial charge in [-0.15, -0.1) is 0 Å². The van der Waals surface area contributed by atoms with Crippen LogP contribution < -0.4 is 5.32 Å². The van der Waals surface area contributed by atoms with Crippen LogP contribution in [0.1, 0.15) is 71.1 Å². The topological polar surface area (TPSA) is 38.3 Å². The highest BCUT2D eigenvalue weighted by Crippen LogP contribution is 2.10. The Morgan fingerprint density at radius 1 is 0.833 bits per heavy atom. The van der Waals surface area contributed by atoms with E-state index in [0.717, 1.165) is 13.0 Å². The standard InChI is InChI=1S/C15H30NO2/c1-2-3-4-5-6-7-8-9-10-11-13-18-14-12-16-15-17/h2-14H2,1H3,(H,16,17). The minimum atomic E-state index is 0.571. The molecule has 1 N–H and O–H groups in total. The van der Waals surface area contributed by atoms with Crippen LogP contribution >= 0.6 is 0 Å². The highest BCUT2D eigenvalue weighted by Gasteiger charge is 1.93. The number of hydrogen-bond donors (Lipinski definition) is 1. The van der Waals surface area contributed by atoms with Gasteiger partial charge in [0.2, 0.25) is 0 Å². The summed E-state index contributed by atoms with van der Waals surface area (Å²) >= 11 is 0. The molecule has 0 unspecified atom stereocenters. The Bertz CT molecular complexity index is 163. The molecule has 0 aromatic heterocycles. The van der Waals surface area contributed by atoms with Crippen LogP contribution in [0, 0.1) is 0 Å². The van der Waals surface area contributed by atoms with Gasteiger partial charge in [-0.2, -0.15) is 0 Å². The molecule has 0 bridgehead atoms. The van der Waals surface area contributed by atoms with Gasteiger partial charge in [-0.05, 0) is 6.42 Å². The monoisotopic (exact) mass is 256 g/mol. The Hall–Kier alpha value is -0.570. The predicted octanol–water partition coefficient (Wildman–Crippen LogP) is 3.58. The van der Waals surface area contributed by atoms with Crippen molar-refractivity contribution >= 4 is 6.41 Å². The van der Waals surface area contributed by atoms with Gasteiger partial charge < -0.3 is 10.1 Å². The van der Waals surface area contributed by atoms with E-state index in [1.165, 1.54) is 57.8 Å². The first-order chi connectivity index (χ1) is 8.91. The lowest BCUT2D eigenvalue weighted by atomic mass is 10.1. The minimum Gasteiger partial charge on any atom is -0.380 e. The Morgan fingerprint density at radius 2 is 1.39 bits per heavy atom. The summed E-state index contributed by atoms with van der Waals surface area (Å²) in [5.41, 5.74) is 0. The molecule has 3 nitrogen and oxygen atoms in total. The highest BCUT2D eigenvalue weighted by atomic mass is 16.5. The molecule has 0 saturated carbocycles. The summed E-state index contributed by atoms with van der Waals surface area (Å²) in [6, 6.07) is 0. The van der Waals surface area contributed by atoms with Crippen LogP contribution in [0.3, 0.4) is 0 Å². The molecular formula is C15H30NO2. The largest absolute Gasteiger partial charge is 0.380 e. The highest BCUT2D eigenvalue weighted by molar-refractivity contribution is 5.46. The summed E-state index contributed by atoms with van der Waals surface area (Å²) in [5.74, 6) is 0. The number of amides is 1. The summed E-state index contributed by atoms with van der Waals surface area (Å²) in [4.78, 5) is 9.83. The first-order valence-corrected chi connectivity index (χ1v) is 7.59. The zero-order chi connectivity index (χ0) is 13.3. The molecule has 0 fully saturated rings. The number of nitrogens with one attached hydrogen (secondary N) is 1. The summed E-state index contributed by atoms with van der Waals surface area (Å²) < 4.78 is 5.37. The molecule has 0 aliphatic heterocycles. The predicted molar refractivity (Wildman–Crippen MR) is 76.4 cm³/mol. The summed E-state index contributed by atoms with van der Waals surface area (Å²) in [6.45, 7) is 4.25. The van der Waals surface area contributed by atoms with Crippen molar-refractivity contribution in [2.24, 2.45) is 0 Å². The van der Waals surface area contributed by atoms with Crippen molar-refractivity contribution in [2.75, 3.05) is 19.8 Å². The van der Waals surface area contributed by atoms with E-state index >= 15 is 0 Å². The Kier molecular flexibility index (Phi) is 15.9. The molecule has 0 aliphatic carbocycles. The van der Waals surface area contributed by atoms with Gasteiger partial charge >= 0.3 is 6.41 Å². The molecule has 0 rings (SSSR count). The number of ether oxygens (including phenoxy) is 1. The molecule has 107 valence electrons. The van der Waals surface area contributed by atoms with Gasteiger partial charge in [-0.3, -0.25) is 4.79 Å². The molecule has 0 heterocycles. The third-order valence-corrected chi connectivity index (χ3v) is 3.09. The molecule has 1 radical (unpaired) electrons. The van der Waals surface area contributed by atoms with Crippen LogP contribution in [0.5, 0.6) is 0 Å². The molecular weight excluding hydrogens is 226 g/mol. The van der Waals surface area contributed by atoms with E-state index < -0.39 is 0 Å². The first kappa shape index (κ1) is 17.4. The zero-order valence-corrected chi connectivity index (χ0v) is 12.0. The molecule has 0 saturated heterocycles. The molecule has 0 aliphatic rings. The van der Waals surface area contributed by atoms with Gasteiger partial charge in [0.1, 0.15) is 0 Å². The van der Waals surface area contributed by atoms with E-state index in [9.17, 15) is 4.79 Å². The first-order valence-electron chi connectivity index (χ1n) is 7.59. The van der Waals surface area contributed by atoms with E-state index in [1.54, 1.807) is 6.41 Å². The number of carbonyl (C=O) groups excluding carboxylic acids is 1. The lowest BCUT2D eigenvalue weighted by molar-refractivity contribution is 0.134. The Morgan fingerprint density at radius 3 is 1.94 bits per heavy atom. The maximum atomic E-state index is 9.83. The van der Waals surface area contributed by atoms with E-state index in [0.29, 0.717) is 13.2 Å². The van der Waals surface area contributed by atoms with E-state index in [-0.39, 0.29) is 0 Å². The zero-order valence-electron chi connectivity index (χ0n) is 12.0. The van der Waals surface area contributed by atoms with Crippen LogP contribution in [0.15, 0.2) is 0 Å². The quantitative estimate of drug-likeness (QED) is 0.359. The molecule has 0 atom stereocenters. The van der Waals surface area contributed by atoms with Gasteiger partial charge in [0, 0.05) is 13.2 Å². The lowest BCUT2D eigenvalue weighted by Gasteiger charge is -2.04. The normalized spacial score (nSPS) is 10.5. The van der Waals surface area contributed by atoms with Gasteiger partial charge in [-0.1, -0.05) is 64.7 Å². The third kappa shape index (κ3) is 15.4. The minimum absolute atomic E-state index is 0.571. The van der Waals surface area contributed by atoms with Crippen molar-refractivity contribution in [3.8, 4) is 0 Å². The second-order valence-electron chi connectivity index (χ2n) is 4.82. The fourth-order valence-electron chi connectivity index (χ4n) is 1.97. The maximum absolute atomic E-state index is 9.83. The molecule has 1 amide bonds. The SMILES string of the molecule is CCCCCCCCCCCCOCCN[C]=O. The molecule has 3 heteroatoms. The third-order valence-electron chi connectivity index (χ3n) is 3.09. The van der Waals surface area contributed by atoms with Crippen molar-refractivity contribution in [1.82, 2.24) is 5.32 Å². The number of hydrogen-bond acceptors (Lipinski definition) is 2. The van der Waals surface area contributed by atoms with Crippen molar-refractivity contribution in [1.29, 1.82) is 0 Å². The Balaban J connectivity index is 2.88. The maximum Gasteiger partial charge on any atom is 0.309 e. The average molecular weight is 256 g/mol. The fourth-order valence-corrected chi connectivity index (χ4v) is 1.97.